The van der Waals surface area contributed by atoms with E-state index in [1.54, 1.807) is 24.3 Å². The van der Waals surface area contributed by atoms with Gasteiger partial charge in [-0.25, -0.2) is 4.98 Å². The number of benzene rings is 1. The number of nitrogen functional groups attached to an aromatic ring is 2. The van der Waals surface area contributed by atoms with E-state index in [9.17, 15) is 22.8 Å². The summed E-state index contributed by atoms with van der Waals surface area (Å²) in [5, 5.41) is 8.56. The third kappa shape index (κ3) is 6.83. The predicted molar refractivity (Wildman–Crippen MR) is 150 cm³/mol. The molecule has 214 valence electrons. The number of nitrogens with two attached hydrogens (primary N) is 3. The second-order valence-corrected chi connectivity index (χ2v) is 9.48. The van der Waals surface area contributed by atoms with Gasteiger partial charge in [0.1, 0.15) is 5.82 Å². The van der Waals surface area contributed by atoms with Crippen molar-refractivity contribution >= 4 is 34.8 Å². The summed E-state index contributed by atoms with van der Waals surface area (Å²) in [4.78, 5) is 32.7. The van der Waals surface area contributed by atoms with Crippen LogP contribution in [0.5, 0.6) is 0 Å². The number of anilines is 3. The molecule has 1 saturated heterocycles. The van der Waals surface area contributed by atoms with Gasteiger partial charge >= 0.3 is 6.18 Å². The van der Waals surface area contributed by atoms with Crippen LogP contribution in [0.25, 0.3) is 0 Å². The molecule has 2 aliphatic rings. The van der Waals surface area contributed by atoms with Gasteiger partial charge in [-0.05, 0) is 59.7 Å². The Balaban J connectivity index is 1.53. The molecule has 1 aliphatic heterocycles. The smallest absolute Gasteiger partial charge is 0.382 e. The number of hydrogen-bond acceptors (Lipinski definition) is 8. The first kappa shape index (κ1) is 29.1. The summed E-state index contributed by atoms with van der Waals surface area (Å²) >= 11 is 0. The van der Waals surface area contributed by atoms with Crippen molar-refractivity contribution in [2.24, 2.45) is 11.6 Å². The lowest BCUT2D eigenvalue weighted by Crippen LogP contribution is -2.49. The molecule has 2 aromatic rings. The number of piperazine rings is 1. The van der Waals surface area contributed by atoms with Crippen molar-refractivity contribution in [2.75, 3.05) is 42.2 Å². The zero-order valence-corrected chi connectivity index (χ0v) is 22.0. The van der Waals surface area contributed by atoms with Crippen LogP contribution in [-0.4, -0.2) is 53.6 Å². The average molecular weight is 567 g/mol. The molecule has 2 amide bonds. The molecule has 8 N–H and O–H groups in total. The molecule has 4 rings (SSSR count). The monoisotopic (exact) mass is 566 g/mol. The Labute approximate surface area is 234 Å². The van der Waals surface area contributed by atoms with Crippen LogP contribution in [0.4, 0.5) is 30.5 Å². The van der Waals surface area contributed by atoms with Gasteiger partial charge in [0.25, 0.3) is 5.91 Å². The van der Waals surface area contributed by atoms with Crippen LogP contribution >= 0.6 is 0 Å². The Morgan fingerprint density at radius 3 is 2.34 bits per heavy atom. The topological polar surface area (TPSA) is 167 Å². The van der Waals surface area contributed by atoms with Crippen LogP contribution in [0.15, 0.2) is 71.5 Å². The lowest BCUT2D eigenvalue weighted by atomic mass is 9.93. The normalized spacial score (nSPS) is 18.0. The van der Waals surface area contributed by atoms with Crippen molar-refractivity contribution in [1.82, 2.24) is 9.88 Å². The summed E-state index contributed by atoms with van der Waals surface area (Å²) in [5.41, 5.74) is 16.6. The molecule has 0 spiro atoms. The predicted octanol–water partition coefficient (Wildman–Crippen LogP) is 2.95. The van der Waals surface area contributed by atoms with Crippen molar-refractivity contribution in [2.45, 2.75) is 19.0 Å². The molecule has 10 nitrogen and oxygen atoms in total. The molecule has 1 fully saturated rings. The van der Waals surface area contributed by atoms with Gasteiger partial charge in [0.05, 0.1) is 16.8 Å². The van der Waals surface area contributed by atoms with Gasteiger partial charge in [0.15, 0.2) is 5.82 Å². The summed E-state index contributed by atoms with van der Waals surface area (Å²) in [7, 11) is 0. The number of nitrogens with zero attached hydrogens (tertiary/aromatic N) is 3. The highest BCUT2D eigenvalue weighted by Gasteiger charge is 2.37. The molecule has 1 aromatic carbocycles. The van der Waals surface area contributed by atoms with E-state index in [-0.39, 0.29) is 43.0 Å². The van der Waals surface area contributed by atoms with Crippen LogP contribution in [-0.2, 0) is 17.4 Å². The lowest BCUT2D eigenvalue weighted by Gasteiger charge is -2.36. The van der Waals surface area contributed by atoms with Gasteiger partial charge in [0, 0.05) is 50.3 Å². The van der Waals surface area contributed by atoms with E-state index < -0.39 is 29.1 Å². The number of rotatable bonds is 7. The van der Waals surface area contributed by atoms with E-state index in [0.29, 0.717) is 35.7 Å². The second-order valence-electron chi connectivity index (χ2n) is 9.48. The average Bonchev–Trinajstić information content (AvgIpc) is 2.91. The van der Waals surface area contributed by atoms with Gasteiger partial charge in [-0.1, -0.05) is 6.07 Å². The Morgan fingerprint density at radius 2 is 1.73 bits per heavy atom. The van der Waals surface area contributed by atoms with E-state index in [2.05, 4.69) is 16.1 Å². The third-order valence-corrected chi connectivity index (χ3v) is 6.80. The molecule has 0 radical (unpaired) electrons. The zero-order valence-electron chi connectivity index (χ0n) is 22.0. The van der Waals surface area contributed by atoms with Gasteiger partial charge in [0.2, 0.25) is 5.91 Å². The number of pyridine rings is 1. The maximum Gasteiger partial charge on any atom is 0.417 e. The zero-order chi connectivity index (χ0) is 29.7. The number of carbonyl (C=O) groups excluding carboxylic acids is 2. The number of alkyl halides is 3. The molecular formula is C28H29F3N8O2. The first-order valence-electron chi connectivity index (χ1n) is 12.6. The van der Waals surface area contributed by atoms with Crippen LogP contribution in [0.3, 0.4) is 0 Å². The number of hydrogen-bond donors (Lipinski definition) is 5. The molecule has 1 aliphatic carbocycles. The SMILES string of the molecule is N=C(Cc1ccc(C(F)(F)F)c(C(=O)N2CCN(c3ccc(NN)c(N)n3)CC2)c1)/C1=C/C=C=C/C=C(/C(N)=O)C1. The largest absolute Gasteiger partial charge is 0.417 e. The van der Waals surface area contributed by atoms with Crippen molar-refractivity contribution in [3.05, 3.63) is 88.2 Å². The Bertz CT molecular complexity index is 1500. The Hall–Kier alpha value is -4.87. The van der Waals surface area contributed by atoms with E-state index >= 15 is 0 Å². The summed E-state index contributed by atoms with van der Waals surface area (Å²) in [6, 6.07) is 6.69. The Kier molecular flexibility index (Phi) is 8.60. The van der Waals surface area contributed by atoms with Crippen molar-refractivity contribution < 1.29 is 22.8 Å². The highest BCUT2D eigenvalue weighted by Crippen LogP contribution is 2.34. The van der Waals surface area contributed by atoms with Crippen molar-refractivity contribution in [3.63, 3.8) is 0 Å². The summed E-state index contributed by atoms with van der Waals surface area (Å²) in [6.45, 7) is 1.02. The maximum absolute atomic E-state index is 13.9. The molecular weight excluding hydrogens is 537 g/mol. The van der Waals surface area contributed by atoms with E-state index in [1.807, 2.05) is 4.90 Å². The molecule has 2 heterocycles. The second kappa shape index (κ2) is 12.1. The lowest BCUT2D eigenvalue weighted by molar-refractivity contribution is -0.138. The van der Waals surface area contributed by atoms with Gasteiger partial charge in [-0.2, -0.15) is 13.2 Å². The molecule has 1 aromatic heterocycles. The summed E-state index contributed by atoms with van der Waals surface area (Å²) in [6.07, 6.45) is 1.50. The number of amides is 2. The van der Waals surface area contributed by atoms with Gasteiger partial charge in [-0.15, -0.1) is 5.73 Å². The molecule has 41 heavy (non-hydrogen) atoms. The fourth-order valence-electron chi connectivity index (χ4n) is 4.57. The summed E-state index contributed by atoms with van der Waals surface area (Å²) in [5.74, 6) is 4.75. The number of carbonyl (C=O) groups is 2. The summed E-state index contributed by atoms with van der Waals surface area (Å²) < 4.78 is 41.8. The number of hydrazine groups is 1. The van der Waals surface area contributed by atoms with Gasteiger partial charge < -0.3 is 32.1 Å². The van der Waals surface area contributed by atoms with E-state index in [4.69, 9.17) is 22.7 Å². The standard InChI is InChI=1S/C28H29F3N8O2/c29-28(30,31)21-7-6-17(15-22(32)18-4-2-1-3-5-19(16-18)26(34)40)14-20(21)27(41)39-12-10-38(11-13-39)24-9-8-23(37-35)25(33)36-24/h2-9,14,32,37H,10-13,15-16,35H2,(H2,33,36)(H2,34,40)/b18-4+,19-5+,32-22?. The van der Waals surface area contributed by atoms with E-state index in [1.165, 1.54) is 29.2 Å². The fraction of sp³-hybridized carbons (Fsp3) is 0.250. The molecule has 0 saturated carbocycles. The van der Waals surface area contributed by atoms with Crippen LogP contribution in [0.2, 0.25) is 0 Å². The molecule has 13 heteroatoms. The third-order valence-electron chi connectivity index (χ3n) is 6.80. The highest BCUT2D eigenvalue weighted by atomic mass is 19.4. The molecule has 0 atom stereocenters. The molecule has 0 bridgehead atoms. The van der Waals surface area contributed by atoms with Crippen LogP contribution in [0.1, 0.15) is 27.9 Å². The number of primary amides is 1. The first-order valence-corrected chi connectivity index (χ1v) is 12.6. The minimum absolute atomic E-state index is 0.0532. The maximum atomic E-state index is 13.9. The van der Waals surface area contributed by atoms with Gasteiger partial charge in [-0.3, -0.25) is 15.4 Å². The number of allylic oxidation sites excluding steroid dienone is 4. The Morgan fingerprint density at radius 1 is 1.05 bits per heavy atom. The van der Waals surface area contributed by atoms with Crippen molar-refractivity contribution in [1.29, 1.82) is 5.41 Å². The fourth-order valence-corrected chi connectivity index (χ4v) is 4.57. The van der Waals surface area contributed by atoms with E-state index in [0.717, 1.165) is 6.07 Å². The first-order chi connectivity index (χ1) is 19.5. The molecule has 0 unspecified atom stereocenters. The van der Waals surface area contributed by atoms with Crippen molar-refractivity contribution in [3.8, 4) is 0 Å². The quantitative estimate of drug-likeness (QED) is 0.149. The van der Waals surface area contributed by atoms with Crippen LogP contribution in [0, 0.1) is 5.41 Å². The number of nitrogens with one attached hydrogen (secondary N) is 2. The number of halogens is 3. The number of aromatic nitrogens is 1. The minimum atomic E-state index is -4.75. The van der Waals surface area contributed by atoms with Crippen LogP contribution < -0.4 is 27.6 Å². The minimum Gasteiger partial charge on any atom is -0.382 e. The highest BCUT2D eigenvalue weighted by molar-refractivity contribution is 6.03.